The molecule has 1 unspecified atom stereocenters. The molecule has 3 heteroatoms. The van der Waals surface area contributed by atoms with Crippen LogP contribution in [-0.2, 0) is 9.53 Å². The molecule has 3 nitrogen and oxygen atoms in total. The largest absolute Gasteiger partial charge is 0.466 e. The quantitative estimate of drug-likeness (QED) is 0.577. The monoisotopic (exact) mass is 143 g/mol. The molecule has 1 aliphatic rings. The minimum Gasteiger partial charge on any atom is -0.466 e. The van der Waals surface area contributed by atoms with E-state index in [1.807, 2.05) is 0 Å². The van der Waals surface area contributed by atoms with Gasteiger partial charge in [-0.15, -0.1) is 0 Å². The molecule has 1 aliphatic heterocycles. The van der Waals surface area contributed by atoms with Crippen LogP contribution in [0.4, 0.5) is 0 Å². The van der Waals surface area contributed by atoms with Gasteiger partial charge >= 0.3 is 0 Å². The maximum atomic E-state index is 9.80. The van der Waals surface area contributed by atoms with Gasteiger partial charge in [0, 0.05) is 6.04 Å². The fourth-order valence-corrected chi connectivity index (χ4v) is 1.22. The molecule has 0 aromatic heterocycles. The summed E-state index contributed by atoms with van der Waals surface area (Å²) in [5.74, 6) is 0. The smallest absolute Gasteiger partial charge is 0.293 e. The zero-order chi connectivity index (χ0) is 7.23. The van der Waals surface area contributed by atoms with Crippen LogP contribution >= 0.6 is 0 Å². The molecule has 1 N–H and O–H groups in total. The number of carbonyl (C=O) groups is 1. The van der Waals surface area contributed by atoms with Crippen molar-refractivity contribution in [1.29, 1.82) is 0 Å². The van der Waals surface area contributed by atoms with E-state index in [2.05, 4.69) is 10.1 Å². The summed E-state index contributed by atoms with van der Waals surface area (Å²) >= 11 is 0. The van der Waals surface area contributed by atoms with Gasteiger partial charge in [0.05, 0.1) is 0 Å². The van der Waals surface area contributed by atoms with Crippen LogP contribution in [0.25, 0.3) is 0 Å². The van der Waals surface area contributed by atoms with E-state index in [0.717, 1.165) is 13.0 Å². The Bertz CT molecular complexity index is 99.8. The van der Waals surface area contributed by atoms with E-state index in [-0.39, 0.29) is 0 Å². The highest BCUT2D eigenvalue weighted by Gasteiger charge is 2.11. The van der Waals surface area contributed by atoms with Gasteiger partial charge in [-0.3, -0.25) is 4.79 Å². The molecule has 1 heterocycles. The van der Waals surface area contributed by atoms with Crippen molar-refractivity contribution in [1.82, 2.24) is 5.32 Å². The molecule has 0 aliphatic carbocycles. The van der Waals surface area contributed by atoms with Crippen molar-refractivity contribution < 1.29 is 9.53 Å². The van der Waals surface area contributed by atoms with Gasteiger partial charge < -0.3 is 10.1 Å². The predicted octanol–water partition coefficient (Wildman–Crippen LogP) is 0.301. The van der Waals surface area contributed by atoms with Gasteiger partial charge in [-0.05, 0) is 19.4 Å². The number of piperidine rings is 1. The van der Waals surface area contributed by atoms with E-state index < -0.39 is 0 Å². The van der Waals surface area contributed by atoms with Gasteiger partial charge in [-0.1, -0.05) is 6.42 Å². The molecule has 1 atom stereocenters. The van der Waals surface area contributed by atoms with E-state index in [1.165, 1.54) is 12.8 Å². The normalized spacial score (nSPS) is 25.8. The predicted molar refractivity (Wildman–Crippen MR) is 37.7 cm³/mol. The summed E-state index contributed by atoms with van der Waals surface area (Å²) in [6.45, 7) is 2.10. The van der Waals surface area contributed by atoms with Crippen LogP contribution in [0.3, 0.4) is 0 Å². The lowest BCUT2D eigenvalue weighted by atomic mass is 10.1. The topological polar surface area (TPSA) is 38.3 Å². The first-order valence-electron chi connectivity index (χ1n) is 3.72. The van der Waals surface area contributed by atoms with Crippen molar-refractivity contribution >= 4 is 6.47 Å². The third-order valence-corrected chi connectivity index (χ3v) is 1.78. The third kappa shape index (κ3) is 2.35. The summed E-state index contributed by atoms with van der Waals surface area (Å²) in [6.07, 6.45) is 3.63. The fraction of sp³-hybridized carbons (Fsp3) is 0.857. The SMILES string of the molecule is O=COCC1CCCCN1. The van der Waals surface area contributed by atoms with Crippen molar-refractivity contribution in [2.45, 2.75) is 25.3 Å². The summed E-state index contributed by atoms with van der Waals surface area (Å²) in [5, 5.41) is 3.27. The fourth-order valence-electron chi connectivity index (χ4n) is 1.22. The number of nitrogens with one attached hydrogen (secondary N) is 1. The Morgan fingerprint density at radius 3 is 3.10 bits per heavy atom. The summed E-state index contributed by atoms with van der Waals surface area (Å²) in [7, 11) is 0. The molecule has 10 heavy (non-hydrogen) atoms. The van der Waals surface area contributed by atoms with E-state index in [9.17, 15) is 4.79 Å². The molecule has 0 aromatic carbocycles. The summed E-state index contributed by atoms with van der Waals surface area (Å²) in [5.41, 5.74) is 0. The lowest BCUT2D eigenvalue weighted by molar-refractivity contribution is -0.129. The second-order valence-electron chi connectivity index (χ2n) is 2.58. The average Bonchev–Trinajstić information content (AvgIpc) is 2.03. The van der Waals surface area contributed by atoms with Gasteiger partial charge in [0.15, 0.2) is 0 Å². The highest BCUT2D eigenvalue weighted by Crippen LogP contribution is 2.06. The minimum absolute atomic E-state index is 0.402. The van der Waals surface area contributed by atoms with Crippen molar-refractivity contribution in [2.75, 3.05) is 13.2 Å². The molecule has 0 aromatic rings. The number of hydrogen-bond donors (Lipinski definition) is 1. The molecule has 1 rings (SSSR count). The van der Waals surface area contributed by atoms with Gasteiger partial charge in [-0.25, -0.2) is 0 Å². The van der Waals surface area contributed by atoms with Gasteiger partial charge in [-0.2, -0.15) is 0 Å². The highest BCUT2D eigenvalue weighted by atomic mass is 16.5. The van der Waals surface area contributed by atoms with E-state index >= 15 is 0 Å². The molecule has 0 saturated carbocycles. The van der Waals surface area contributed by atoms with Crippen LogP contribution in [0, 0.1) is 0 Å². The zero-order valence-corrected chi connectivity index (χ0v) is 6.01. The number of hydrogen-bond acceptors (Lipinski definition) is 3. The molecule has 1 saturated heterocycles. The highest BCUT2D eigenvalue weighted by molar-refractivity contribution is 5.36. The molecule has 1 fully saturated rings. The first kappa shape index (κ1) is 7.54. The number of carbonyl (C=O) groups excluding carboxylic acids is 1. The van der Waals surface area contributed by atoms with Crippen LogP contribution in [0.2, 0.25) is 0 Å². The van der Waals surface area contributed by atoms with Crippen LogP contribution in [0.5, 0.6) is 0 Å². The second-order valence-corrected chi connectivity index (χ2v) is 2.58. The lowest BCUT2D eigenvalue weighted by Crippen LogP contribution is -2.37. The van der Waals surface area contributed by atoms with Gasteiger partial charge in [0.25, 0.3) is 6.47 Å². The maximum absolute atomic E-state index is 9.80. The zero-order valence-electron chi connectivity index (χ0n) is 6.01. The first-order valence-corrected chi connectivity index (χ1v) is 3.72. The Labute approximate surface area is 60.7 Å². The Morgan fingerprint density at radius 1 is 1.60 bits per heavy atom. The minimum atomic E-state index is 0.402. The van der Waals surface area contributed by atoms with Crippen molar-refractivity contribution in [2.24, 2.45) is 0 Å². The Morgan fingerprint density at radius 2 is 2.50 bits per heavy atom. The van der Waals surface area contributed by atoms with Gasteiger partial charge in [0.2, 0.25) is 0 Å². The van der Waals surface area contributed by atoms with Crippen molar-refractivity contribution in [3.05, 3.63) is 0 Å². The van der Waals surface area contributed by atoms with Gasteiger partial charge in [0.1, 0.15) is 6.61 Å². The van der Waals surface area contributed by atoms with E-state index in [4.69, 9.17) is 0 Å². The number of rotatable bonds is 3. The molecular formula is C7H13NO2. The van der Waals surface area contributed by atoms with Crippen LogP contribution < -0.4 is 5.32 Å². The molecular weight excluding hydrogens is 130 g/mol. The maximum Gasteiger partial charge on any atom is 0.293 e. The second kappa shape index (κ2) is 4.28. The Hall–Kier alpha value is -0.570. The van der Waals surface area contributed by atoms with Crippen molar-refractivity contribution in [3.8, 4) is 0 Å². The molecule has 0 bridgehead atoms. The Kier molecular flexibility index (Phi) is 3.22. The molecule has 0 radical (unpaired) electrons. The van der Waals surface area contributed by atoms with Crippen LogP contribution in [-0.4, -0.2) is 25.7 Å². The summed E-state index contributed by atoms with van der Waals surface area (Å²) in [6, 6.07) is 0.402. The molecule has 58 valence electrons. The third-order valence-electron chi connectivity index (χ3n) is 1.78. The summed E-state index contributed by atoms with van der Waals surface area (Å²) < 4.78 is 4.63. The van der Waals surface area contributed by atoms with Crippen molar-refractivity contribution in [3.63, 3.8) is 0 Å². The first-order chi connectivity index (χ1) is 4.93. The average molecular weight is 143 g/mol. The molecule has 0 amide bonds. The summed E-state index contributed by atoms with van der Waals surface area (Å²) in [4.78, 5) is 9.80. The van der Waals surface area contributed by atoms with Crippen LogP contribution in [0.15, 0.2) is 0 Å². The van der Waals surface area contributed by atoms with E-state index in [0.29, 0.717) is 19.1 Å². The Balaban J connectivity index is 2.07. The molecule has 0 spiro atoms. The number of ether oxygens (including phenoxy) is 1. The van der Waals surface area contributed by atoms with Crippen LogP contribution in [0.1, 0.15) is 19.3 Å². The standard InChI is InChI=1S/C7H13NO2/c9-6-10-5-7-3-1-2-4-8-7/h6-8H,1-5H2. The lowest BCUT2D eigenvalue weighted by Gasteiger charge is -2.21. The van der Waals surface area contributed by atoms with E-state index in [1.54, 1.807) is 0 Å².